The maximum absolute atomic E-state index is 6.28. The van der Waals surface area contributed by atoms with E-state index in [0.717, 1.165) is 61.7 Å². The van der Waals surface area contributed by atoms with Crippen LogP contribution in [0.15, 0.2) is 30.5 Å². The predicted molar refractivity (Wildman–Crippen MR) is 129 cm³/mol. The van der Waals surface area contributed by atoms with Crippen LogP contribution in [0, 0.1) is 5.92 Å². The van der Waals surface area contributed by atoms with Gasteiger partial charge in [-0.05, 0) is 49.3 Å². The van der Waals surface area contributed by atoms with Crippen LogP contribution in [-0.4, -0.2) is 54.6 Å². The fourth-order valence-electron chi connectivity index (χ4n) is 4.59. The van der Waals surface area contributed by atoms with Gasteiger partial charge in [0.15, 0.2) is 0 Å². The molecule has 5 rings (SSSR count). The molecule has 0 bridgehead atoms. The summed E-state index contributed by atoms with van der Waals surface area (Å²) in [5.74, 6) is 2.91. The van der Waals surface area contributed by atoms with E-state index < -0.39 is 0 Å². The van der Waals surface area contributed by atoms with Gasteiger partial charge in [-0.1, -0.05) is 19.1 Å². The van der Waals surface area contributed by atoms with Crippen molar-refractivity contribution in [2.24, 2.45) is 5.92 Å². The highest BCUT2D eigenvalue weighted by Gasteiger charge is 2.23. The molecule has 7 nitrogen and oxygen atoms in total. The summed E-state index contributed by atoms with van der Waals surface area (Å²) in [4.78, 5) is 9.41. The number of hydrogen-bond donors (Lipinski definition) is 1. The molecule has 1 aliphatic carbocycles. The van der Waals surface area contributed by atoms with Gasteiger partial charge >= 0.3 is 0 Å². The number of hydrogen-bond acceptors (Lipinski definition) is 7. The molecule has 3 aliphatic rings. The average molecular weight is 476 g/mol. The maximum Gasteiger partial charge on any atom is 0.226 e. The third-order valence-electron chi connectivity index (χ3n) is 6.63. The second kappa shape index (κ2) is 11.4. The minimum Gasteiger partial charge on any atom is -0.488 e. The van der Waals surface area contributed by atoms with Crippen molar-refractivity contribution in [1.82, 2.24) is 9.97 Å². The van der Waals surface area contributed by atoms with E-state index in [-0.39, 0.29) is 24.6 Å². The molecule has 8 heteroatoms. The Hall–Kier alpha value is -2.09. The molecule has 0 amide bonds. The molecule has 2 aromatic rings. The first-order valence-electron chi connectivity index (χ1n) is 12.0. The highest BCUT2D eigenvalue weighted by molar-refractivity contribution is 5.85. The Morgan fingerprint density at radius 1 is 0.879 bits per heavy atom. The number of nitrogens with zero attached hydrogens (tertiary/aromatic N) is 2. The van der Waals surface area contributed by atoms with Crippen LogP contribution in [0.4, 0.5) is 5.95 Å². The second-order valence-corrected chi connectivity index (χ2v) is 9.24. The van der Waals surface area contributed by atoms with E-state index in [4.69, 9.17) is 23.9 Å². The van der Waals surface area contributed by atoms with Crippen LogP contribution in [0.5, 0.6) is 11.6 Å². The Morgan fingerprint density at radius 3 is 2.18 bits per heavy atom. The normalized spacial score (nSPS) is 27.1. The number of benzene rings is 1. The number of rotatable bonds is 7. The van der Waals surface area contributed by atoms with Crippen LogP contribution in [0.2, 0.25) is 0 Å². The Bertz CT molecular complexity index is 878. The Labute approximate surface area is 202 Å². The zero-order valence-electron chi connectivity index (χ0n) is 19.2. The maximum atomic E-state index is 6.28. The van der Waals surface area contributed by atoms with Crippen molar-refractivity contribution in [1.29, 1.82) is 0 Å². The Balaban J connectivity index is 0.00000259. The summed E-state index contributed by atoms with van der Waals surface area (Å²) in [7, 11) is 0. The van der Waals surface area contributed by atoms with Crippen molar-refractivity contribution >= 4 is 18.4 Å². The molecule has 1 saturated carbocycles. The largest absolute Gasteiger partial charge is 0.488 e. The van der Waals surface area contributed by atoms with Gasteiger partial charge in [0.2, 0.25) is 11.8 Å². The van der Waals surface area contributed by atoms with Gasteiger partial charge in [0, 0.05) is 25.1 Å². The highest BCUT2D eigenvalue weighted by Crippen LogP contribution is 2.33. The van der Waals surface area contributed by atoms with Gasteiger partial charge in [0.1, 0.15) is 18.0 Å². The molecule has 0 spiro atoms. The summed E-state index contributed by atoms with van der Waals surface area (Å²) in [6.07, 6.45) is 8.66. The first kappa shape index (κ1) is 24.0. The standard InChI is InChI=1S/C25H33N3O4.ClH/c1-17-2-6-19(7-3-17)27-25-26-14-23(24(28-25)32-22-11-13-30-16-22)18-4-8-20(9-5-18)31-21-10-12-29-15-21;/h4-5,8-9,14,17,19,21-22H,2-3,6-7,10-13,15-16H2,1H3,(H,26,27,28);1H/t17-,19+,21-,22-;/m1./s1. The molecule has 3 fully saturated rings. The van der Waals surface area contributed by atoms with E-state index in [1.807, 2.05) is 30.5 Å². The van der Waals surface area contributed by atoms with Gasteiger partial charge in [-0.15, -0.1) is 12.4 Å². The van der Waals surface area contributed by atoms with E-state index in [2.05, 4.69) is 17.2 Å². The summed E-state index contributed by atoms with van der Waals surface area (Å²) in [6, 6.07) is 8.49. The molecule has 1 aromatic carbocycles. The quantitative estimate of drug-likeness (QED) is 0.610. The molecule has 1 N–H and O–H groups in total. The number of ether oxygens (including phenoxy) is 4. The van der Waals surface area contributed by atoms with E-state index in [9.17, 15) is 0 Å². The van der Waals surface area contributed by atoms with E-state index in [1.54, 1.807) is 0 Å². The molecule has 1 aromatic heterocycles. The van der Waals surface area contributed by atoms with Gasteiger partial charge in [0.05, 0.1) is 32.0 Å². The molecule has 3 heterocycles. The van der Waals surface area contributed by atoms with Crippen molar-refractivity contribution < 1.29 is 18.9 Å². The van der Waals surface area contributed by atoms with E-state index >= 15 is 0 Å². The van der Waals surface area contributed by atoms with Crippen molar-refractivity contribution in [2.75, 3.05) is 31.7 Å². The molecule has 0 unspecified atom stereocenters. The minimum absolute atomic E-state index is 0. The lowest BCUT2D eigenvalue weighted by molar-refractivity contribution is 0.138. The van der Waals surface area contributed by atoms with E-state index in [0.29, 0.717) is 31.1 Å². The van der Waals surface area contributed by atoms with Gasteiger partial charge in [-0.2, -0.15) is 4.98 Å². The first-order chi connectivity index (χ1) is 15.7. The predicted octanol–water partition coefficient (Wildman–Crippen LogP) is 4.89. The van der Waals surface area contributed by atoms with E-state index in [1.165, 1.54) is 12.8 Å². The van der Waals surface area contributed by atoms with Gasteiger partial charge in [-0.3, -0.25) is 0 Å². The molecule has 2 atom stereocenters. The molecule has 0 radical (unpaired) electrons. The van der Waals surface area contributed by atoms with Crippen molar-refractivity contribution in [3.05, 3.63) is 30.5 Å². The Kier molecular flexibility index (Phi) is 8.28. The highest BCUT2D eigenvalue weighted by atomic mass is 35.5. The molecule has 2 aliphatic heterocycles. The Morgan fingerprint density at radius 2 is 1.55 bits per heavy atom. The topological polar surface area (TPSA) is 74.7 Å². The molecular formula is C25H34ClN3O4. The van der Waals surface area contributed by atoms with Crippen LogP contribution in [-0.2, 0) is 9.47 Å². The SMILES string of the molecule is C[C@H]1CC[C@@H](Nc2ncc(-c3ccc(O[C@@H]4CCOC4)cc3)c(O[C@@H]3CCOC3)n2)CC1.Cl. The zero-order chi connectivity index (χ0) is 21.8. The molecule has 2 saturated heterocycles. The lowest BCUT2D eigenvalue weighted by Gasteiger charge is -2.27. The zero-order valence-corrected chi connectivity index (χ0v) is 20.0. The molecule has 33 heavy (non-hydrogen) atoms. The smallest absolute Gasteiger partial charge is 0.226 e. The van der Waals surface area contributed by atoms with Crippen LogP contribution in [0.3, 0.4) is 0 Å². The lowest BCUT2D eigenvalue weighted by Crippen LogP contribution is -2.26. The summed E-state index contributed by atoms with van der Waals surface area (Å²) in [5.41, 5.74) is 1.89. The van der Waals surface area contributed by atoms with Crippen LogP contribution >= 0.6 is 12.4 Å². The third-order valence-corrected chi connectivity index (χ3v) is 6.63. The van der Waals surface area contributed by atoms with Gasteiger partial charge in [-0.25, -0.2) is 4.98 Å². The molecule has 180 valence electrons. The fraction of sp³-hybridized carbons (Fsp3) is 0.600. The summed E-state index contributed by atoms with van der Waals surface area (Å²) in [6.45, 7) is 5.09. The monoisotopic (exact) mass is 475 g/mol. The number of aromatic nitrogens is 2. The summed E-state index contributed by atoms with van der Waals surface area (Å²) >= 11 is 0. The first-order valence-corrected chi connectivity index (χ1v) is 12.0. The molecular weight excluding hydrogens is 442 g/mol. The average Bonchev–Trinajstić information content (AvgIpc) is 3.51. The van der Waals surface area contributed by atoms with Crippen molar-refractivity contribution in [3.63, 3.8) is 0 Å². The second-order valence-electron chi connectivity index (χ2n) is 9.24. The van der Waals surface area contributed by atoms with Crippen molar-refractivity contribution in [2.45, 2.75) is 63.7 Å². The van der Waals surface area contributed by atoms with Gasteiger partial charge in [0.25, 0.3) is 0 Å². The van der Waals surface area contributed by atoms with Crippen molar-refractivity contribution in [3.8, 4) is 22.8 Å². The van der Waals surface area contributed by atoms with Crippen LogP contribution in [0.1, 0.15) is 45.4 Å². The fourth-order valence-corrected chi connectivity index (χ4v) is 4.59. The summed E-state index contributed by atoms with van der Waals surface area (Å²) in [5, 5.41) is 3.53. The minimum atomic E-state index is 0. The van der Waals surface area contributed by atoms with Crippen LogP contribution in [0.25, 0.3) is 11.1 Å². The lowest BCUT2D eigenvalue weighted by atomic mass is 9.87. The number of anilines is 1. The number of halogens is 1. The summed E-state index contributed by atoms with van der Waals surface area (Å²) < 4.78 is 23.2. The van der Waals surface area contributed by atoms with Gasteiger partial charge < -0.3 is 24.3 Å². The third kappa shape index (κ3) is 6.28. The van der Waals surface area contributed by atoms with Crippen LogP contribution < -0.4 is 14.8 Å². The number of nitrogens with one attached hydrogen (secondary N) is 1.